The number of anilines is 2. The summed E-state index contributed by atoms with van der Waals surface area (Å²) in [5.41, 5.74) is 0.508. The van der Waals surface area contributed by atoms with Crippen molar-refractivity contribution in [2.75, 3.05) is 23.3 Å². The number of amides is 2. The molecule has 1 saturated carbocycles. The van der Waals surface area contributed by atoms with E-state index in [1.54, 1.807) is 15.9 Å². The smallest absolute Gasteiger partial charge is 0.320 e. The summed E-state index contributed by atoms with van der Waals surface area (Å²) in [6.07, 6.45) is 4.42. The van der Waals surface area contributed by atoms with Gasteiger partial charge in [0.1, 0.15) is 11.6 Å². The van der Waals surface area contributed by atoms with E-state index in [-0.39, 0.29) is 18.4 Å². The fourth-order valence-corrected chi connectivity index (χ4v) is 4.67. The van der Waals surface area contributed by atoms with Crippen LogP contribution in [0.4, 0.5) is 11.4 Å². The molecular formula is C19H23N3O4. The van der Waals surface area contributed by atoms with Gasteiger partial charge in [0.15, 0.2) is 0 Å². The van der Waals surface area contributed by atoms with Crippen molar-refractivity contribution in [3.63, 3.8) is 0 Å². The number of para-hydroxylation sites is 2. The molecule has 26 heavy (non-hydrogen) atoms. The van der Waals surface area contributed by atoms with Crippen molar-refractivity contribution in [2.45, 2.75) is 50.1 Å². The minimum atomic E-state index is -0.886. The molecule has 7 heteroatoms. The second-order valence-electron chi connectivity index (χ2n) is 7.41. The van der Waals surface area contributed by atoms with E-state index in [0.29, 0.717) is 37.2 Å². The maximum Gasteiger partial charge on any atom is 0.320 e. The summed E-state index contributed by atoms with van der Waals surface area (Å²) in [6.45, 7) is 0.623. The van der Waals surface area contributed by atoms with Crippen molar-refractivity contribution < 1.29 is 19.5 Å². The van der Waals surface area contributed by atoms with Gasteiger partial charge >= 0.3 is 5.97 Å². The number of fused-ring (bicyclic) bond motifs is 1. The third kappa shape index (κ3) is 2.58. The SMILES string of the molecule is O=C(O)[C@H]1CCCN1CC(=O)N1c2ccccc2NC(=O)C12CCCC2. The van der Waals surface area contributed by atoms with Gasteiger partial charge < -0.3 is 10.4 Å². The van der Waals surface area contributed by atoms with Gasteiger partial charge in [0.05, 0.1) is 17.9 Å². The molecule has 1 aliphatic carbocycles. The zero-order chi connectivity index (χ0) is 18.3. The molecule has 1 atom stereocenters. The molecule has 1 aromatic carbocycles. The van der Waals surface area contributed by atoms with E-state index in [0.717, 1.165) is 19.3 Å². The standard InChI is InChI=1S/C19H23N3O4/c23-16(12-21-11-5-8-15(21)17(24)25)22-14-7-2-1-6-13(14)20-18(26)19(22)9-3-4-10-19/h1-2,6-7,15H,3-5,8-12H2,(H,20,26)(H,24,25)/t15-/m1/s1. The molecule has 0 aromatic heterocycles. The van der Waals surface area contributed by atoms with Crippen LogP contribution in [0.3, 0.4) is 0 Å². The Morgan fingerprint density at radius 3 is 2.65 bits per heavy atom. The molecule has 1 spiro atoms. The summed E-state index contributed by atoms with van der Waals surface area (Å²) < 4.78 is 0. The zero-order valence-corrected chi connectivity index (χ0v) is 14.6. The van der Waals surface area contributed by atoms with Gasteiger partial charge in [-0.1, -0.05) is 25.0 Å². The van der Waals surface area contributed by atoms with Gasteiger partial charge in [-0.25, -0.2) is 0 Å². The van der Waals surface area contributed by atoms with Crippen molar-refractivity contribution in [1.29, 1.82) is 0 Å². The Bertz CT molecular complexity index is 757. The molecule has 2 heterocycles. The summed E-state index contributed by atoms with van der Waals surface area (Å²) >= 11 is 0. The minimum absolute atomic E-state index is 0.0281. The monoisotopic (exact) mass is 357 g/mol. The summed E-state index contributed by atoms with van der Waals surface area (Å²) in [5.74, 6) is -1.21. The first-order valence-electron chi connectivity index (χ1n) is 9.23. The van der Waals surface area contributed by atoms with Crippen molar-refractivity contribution >= 4 is 29.2 Å². The number of nitrogens with zero attached hydrogens (tertiary/aromatic N) is 2. The molecule has 4 rings (SSSR count). The Morgan fingerprint density at radius 2 is 1.92 bits per heavy atom. The van der Waals surface area contributed by atoms with Crippen LogP contribution in [-0.2, 0) is 14.4 Å². The summed E-state index contributed by atoms with van der Waals surface area (Å²) in [5, 5.41) is 12.3. The average molecular weight is 357 g/mol. The van der Waals surface area contributed by atoms with E-state index in [2.05, 4.69) is 5.32 Å². The number of carboxylic acids is 1. The average Bonchev–Trinajstić information content (AvgIpc) is 3.26. The number of hydrogen-bond donors (Lipinski definition) is 2. The van der Waals surface area contributed by atoms with Crippen LogP contribution in [0.25, 0.3) is 0 Å². The minimum Gasteiger partial charge on any atom is -0.480 e. The topological polar surface area (TPSA) is 89.9 Å². The van der Waals surface area contributed by atoms with Gasteiger partial charge in [0.2, 0.25) is 5.91 Å². The van der Waals surface area contributed by atoms with Crippen LogP contribution in [0, 0.1) is 0 Å². The van der Waals surface area contributed by atoms with Gasteiger partial charge in [-0.15, -0.1) is 0 Å². The molecule has 0 bridgehead atoms. The lowest BCUT2D eigenvalue weighted by Gasteiger charge is -2.45. The second kappa shape index (κ2) is 6.39. The van der Waals surface area contributed by atoms with Crippen molar-refractivity contribution in [2.24, 2.45) is 0 Å². The first kappa shape index (κ1) is 17.0. The van der Waals surface area contributed by atoms with Gasteiger partial charge in [0, 0.05) is 0 Å². The fraction of sp³-hybridized carbons (Fsp3) is 0.526. The first-order chi connectivity index (χ1) is 12.5. The van der Waals surface area contributed by atoms with Crippen LogP contribution in [0.15, 0.2) is 24.3 Å². The Labute approximate surface area is 152 Å². The summed E-state index contributed by atoms with van der Waals surface area (Å²) in [6, 6.07) is 6.72. The number of nitrogens with one attached hydrogen (secondary N) is 1. The van der Waals surface area contributed by atoms with E-state index >= 15 is 0 Å². The summed E-state index contributed by atoms with van der Waals surface area (Å²) in [7, 11) is 0. The van der Waals surface area contributed by atoms with E-state index in [1.807, 2.05) is 18.2 Å². The first-order valence-corrected chi connectivity index (χ1v) is 9.23. The van der Waals surface area contributed by atoms with Crippen LogP contribution in [0.5, 0.6) is 0 Å². The molecule has 0 unspecified atom stereocenters. The van der Waals surface area contributed by atoms with Gasteiger partial charge in [0.25, 0.3) is 5.91 Å². The van der Waals surface area contributed by atoms with E-state index in [4.69, 9.17) is 0 Å². The highest BCUT2D eigenvalue weighted by Gasteiger charge is 2.52. The third-order valence-electron chi connectivity index (χ3n) is 5.91. The lowest BCUT2D eigenvalue weighted by Crippen LogP contribution is -2.62. The predicted molar refractivity (Wildman–Crippen MR) is 96.0 cm³/mol. The Balaban J connectivity index is 1.68. The number of carbonyl (C=O) groups is 3. The molecule has 0 radical (unpaired) electrons. The van der Waals surface area contributed by atoms with Gasteiger partial charge in [-0.3, -0.25) is 24.2 Å². The Kier molecular flexibility index (Phi) is 4.19. The number of hydrogen-bond acceptors (Lipinski definition) is 4. The normalized spacial score (nSPS) is 24.5. The van der Waals surface area contributed by atoms with Crippen LogP contribution in [0.2, 0.25) is 0 Å². The largest absolute Gasteiger partial charge is 0.480 e. The number of carbonyl (C=O) groups excluding carboxylic acids is 2. The maximum absolute atomic E-state index is 13.3. The van der Waals surface area contributed by atoms with E-state index in [9.17, 15) is 19.5 Å². The number of benzene rings is 1. The highest BCUT2D eigenvalue weighted by molar-refractivity contribution is 6.15. The molecule has 2 aliphatic heterocycles. The van der Waals surface area contributed by atoms with E-state index < -0.39 is 17.6 Å². The van der Waals surface area contributed by atoms with Crippen LogP contribution < -0.4 is 10.2 Å². The molecule has 3 aliphatic rings. The molecule has 1 aromatic rings. The Morgan fingerprint density at radius 1 is 1.19 bits per heavy atom. The van der Waals surface area contributed by atoms with Crippen LogP contribution in [0.1, 0.15) is 38.5 Å². The van der Waals surface area contributed by atoms with Crippen LogP contribution >= 0.6 is 0 Å². The number of carboxylic acid groups (broad SMARTS) is 1. The fourth-order valence-electron chi connectivity index (χ4n) is 4.67. The van der Waals surface area contributed by atoms with E-state index in [1.165, 1.54) is 0 Å². The lowest BCUT2D eigenvalue weighted by molar-refractivity contribution is -0.142. The molecule has 2 amide bonds. The highest BCUT2D eigenvalue weighted by Crippen LogP contribution is 2.45. The molecule has 2 fully saturated rings. The number of aliphatic carboxylic acids is 1. The quantitative estimate of drug-likeness (QED) is 0.861. The van der Waals surface area contributed by atoms with Crippen molar-refractivity contribution in [3.05, 3.63) is 24.3 Å². The second-order valence-corrected chi connectivity index (χ2v) is 7.41. The summed E-state index contributed by atoms with van der Waals surface area (Å²) in [4.78, 5) is 41.0. The maximum atomic E-state index is 13.3. The van der Waals surface area contributed by atoms with Crippen LogP contribution in [-0.4, -0.2) is 52.5 Å². The zero-order valence-electron chi connectivity index (χ0n) is 14.6. The third-order valence-corrected chi connectivity index (χ3v) is 5.91. The number of likely N-dealkylation sites (tertiary alicyclic amines) is 1. The molecular weight excluding hydrogens is 334 g/mol. The van der Waals surface area contributed by atoms with Gasteiger partial charge in [-0.2, -0.15) is 0 Å². The molecule has 1 saturated heterocycles. The predicted octanol–water partition coefficient (Wildman–Crippen LogP) is 1.83. The molecule has 138 valence electrons. The lowest BCUT2D eigenvalue weighted by atomic mass is 9.89. The Hall–Kier alpha value is -2.41. The van der Waals surface area contributed by atoms with Gasteiger partial charge in [-0.05, 0) is 44.4 Å². The highest BCUT2D eigenvalue weighted by atomic mass is 16.4. The molecule has 7 nitrogen and oxygen atoms in total. The van der Waals surface area contributed by atoms with Crippen molar-refractivity contribution in [3.8, 4) is 0 Å². The molecule has 2 N–H and O–H groups in total. The van der Waals surface area contributed by atoms with Crippen molar-refractivity contribution in [1.82, 2.24) is 4.90 Å². The number of rotatable bonds is 3.